The van der Waals surface area contributed by atoms with Crippen LogP contribution in [-0.2, 0) is 6.54 Å². The van der Waals surface area contributed by atoms with Crippen molar-refractivity contribution in [3.8, 4) is 0 Å². The molecule has 0 radical (unpaired) electrons. The van der Waals surface area contributed by atoms with E-state index >= 15 is 0 Å². The number of nitrogens with one attached hydrogen (secondary N) is 1. The third-order valence-corrected chi connectivity index (χ3v) is 3.51. The first-order valence-corrected chi connectivity index (χ1v) is 6.82. The van der Waals surface area contributed by atoms with Crippen LogP contribution in [0.1, 0.15) is 52.9 Å². The van der Waals surface area contributed by atoms with Gasteiger partial charge in [-0.15, -0.1) is 0 Å². The maximum atomic E-state index is 4.43. The fourth-order valence-corrected chi connectivity index (χ4v) is 2.34. The Kier molecular flexibility index (Phi) is 3.75. The Morgan fingerprint density at radius 3 is 2.71 bits per heavy atom. The summed E-state index contributed by atoms with van der Waals surface area (Å²) in [6.45, 7) is 7.91. The maximum Gasteiger partial charge on any atom is 0.202 e. The van der Waals surface area contributed by atoms with Crippen molar-refractivity contribution < 1.29 is 0 Å². The van der Waals surface area contributed by atoms with Gasteiger partial charge in [-0.25, -0.2) is 4.98 Å². The van der Waals surface area contributed by atoms with E-state index in [0.717, 1.165) is 12.5 Å². The van der Waals surface area contributed by atoms with Crippen LogP contribution in [0.2, 0.25) is 0 Å². The predicted octanol–water partition coefficient (Wildman–Crippen LogP) is 3.67. The second kappa shape index (κ2) is 5.11. The molecule has 3 heteroatoms. The summed E-state index contributed by atoms with van der Waals surface area (Å²) in [5.41, 5.74) is 0.384. The topological polar surface area (TPSA) is 29.9 Å². The number of nitrogens with zero attached hydrogens (tertiary/aromatic N) is 2. The molecular weight excluding hydrogens is 210 g/mol. The molecule has 0 unspecified atom stereocenters. The lowest BCUT2D eigenvalue weighted by molar-refractivity contribution is 0.351. The minimum atomic E-state index is 0.384. The second-order valence-corrected chi connectivity index (χ2v) is 6.38. The zero-order chi connectivity index (χ0) is 12.3. The first-order chi connectivity index (χ1) is 8.04. The molecule has 1 aliphatic rings. The average Bonchev–Trinajstić information content (AvgIpc) is 2.86. The van der Waals surface area contributed by atoms with Gasteiger partial charge in [0.05, 0.1) is 0 Å². The van der Waals surface area contributed by atoms with Crippen LogP contribution in [-0.4, -0.2) is 15.6 Å². The van der Waals surface area contributed by atoms with Crippen molar-refractivity contribution in [3.05, 3.63) is 12.4 Å². The first-order valence-electron chi connectivity index (χ1n) is 6.82. The number of aromatic nitrogens is 2. The van der Waals surface area contributed by atoms with E-state index in [0.29, 0.717) is 11.5 Å². The monoisotopic (exact) mass is 235 g/mol. The standard InChI is InChI=1S/C14H25N3/c1-14(2,3)8-10-17-11-9-15-13(17)16-12-6-4-5-7-12/h9,11-12H,4-8,10H2,1-3H3,(H,15,16). The van der Waals surface area contributed by atoms with Gasteiger partial charge in [-0.1, -0.05) is 33.6 Å². The molecule has 0 bridgehead atoms. The Morgan fingerprint density at radius 1 is 1.35 bits per heavy atom. The normalized spacial score (nSPS) is 17.6. The molecule has 17 heavy (non-hydrogen) atoms. The van der Waals surface area contributed by atoms with Gasteiger partial charge in [0.1, 0.15) is 0 Å². The summed E-state index contributed by atoms with van der Waals surface area (Å²) in [7, 11) is 0. The number of imidazole rings is 1. The zero-order valence-electron chi connectivity index (χ0n) is 11.4. The zero-order valence-corrected chi connectivity index (χ0v) is 11.4. The van der Waals surface area contributed by atoms with Crippen LogP contribution in [0, 0.1) is 5.41 Å². The highest BCUT2D eigenvalue weighted by Crippen LogP contribution is 2.23. The summed E-state index contributed by atoms with van der Waals surface area (Å²) >= 11 is 0. The smallest absolute Gasteiger partial charge is 0.202 e. The molecule has 1 aliphatic carbocycles. The Bertz CT molecular complexity index is 343. The van der Waals surface area contributed by atoms with Gasteiger partial charge in [0.25, 0.3) is 0 Å². The molecule has 0 aliphatic heterocycles. The minimum absolute atomic E-state index is 0.384. The van der Waals surface area contributed by atoms with Crippen LogP contribution in [0.25, 0.3) is 0 Å². The number of anilines is 1. The van der Waals surface area contributed by atoms with E-state index in [1.54, 1.807) is 0 Å². The molecule has 1 fully saturated rings. The highest BCUT2D eigenvalue weighted by atomic mass is 15.2. The molecule has 1 aromatic rings. The minimum Gasteiger partial charge on any atom is -0.353 e. The van der Waals surface area contributed by atoms with Gasteiger partial charge in [0, 0.05) is 25.0 Å². The molecular formula is C14H25N3. The fraction of sp³-hybridized carbons (Fsp3) is 0.786. The Hall–Kier alpha value is -0.990. The van der Waals surface area contributed by atoms with E-state index in [1.165, 1.54) is 32.1 Å². The lowest BCUT2D eigenvalue weighted by Crippen LogP contribution is -2.19. The molecule has 0 saturated heterocycles. The third-order valence-electron chi connectivity index (χ3n) is 3.51. The van der Waals surface area contributed by atoms with Gasteiger partial charge in [-0.05, 0) is 24.7 Å². The van der Waals surface area contributed by atoms with Gasteiger partial charge in [-0.3, -0.25) is 0 Å². The maximum absolute atomic E-state index is 4.43. The third kappa shape index (κ3) is 3.76. The predicted molar refractivity (Wildman–Crippen MR) is 72.2 cm³/mol. The van der Waals surface area contributed by atoms with Crippen LogP contribution < -0.4 is 5.32 Å². The van der Waals surface area contributed by atoms with Crippen molar-refractivity contribution in [2.75, 3.05) is 5.32 Å². The van der Waals surface area contributed by atoms with Crippen LogP contribution in [0.3, 0.4) is 0 Å². The number of rotatable bonds is 4. The van der Waals surface area contributed by atoms with E-state index in [2.05, 4.69) is 41.8 Å². The van der Waals surface area contributed by atoms with Gasteiger partial charge < -0.3 is 9.88 Å². The summed E-state index contributed by atoms with van der Waals surface area (Å²) in [6.07, 6.45) is 10.5. The second-order valence-electron chi connectivity index (χ2n) is 6.38. The molecule has 96 valence electrons. The number of aryl methyl sites for hydroxylation is 1. The molecule has 1 aromatic heterocycles. The van der Waals surface area contributed by atoms with Crippen LogP contribution in [0.15, 0.2) is 12.4 Å². The van der Waals surface area contributed by atoms with Crippen molar-refractivity contribution in [2.45, 2.75) is 65.5 Å². The van der Waals surface area contributed by atoms with Gasteiger partial charge in [0.15, 0.2) is 0 Å². The van der Waals surface area contributed by atoms with E-state index in [4.69, 9.17) is 0 Å². The lowest BCUT2D eigenvalue weighted by Gasteiger charge is -2.20. The fourth-order valence-electron chi connectivity index (χ4n) is 2.34. The van der Waals surface area contributed by atoms with Crippen LogP contribution in [0.4, 0.5) is 5.95 Å². The summed E-state index contributed by atoms with van der Waals surface area (Å²) in [5, 5.41) is 3.58. The largest absolute Gasteiger partial charge is 0.353 e. The molecule has 1 N–H and O–H groups in total. The van der Waals surface area contributed by atoms with Crippen LogP contribution >= 0.6 is 0 Å². The van der Waals surface area contributed by atoms with Crippen molar-refractivity contribution in [1.29, 1.82) is 0 Å². The van der Waals surface area contributed by atoms with Crippen molar-refractivity contribution >= 4 is 5.95 Å². The Morgan fingerprint density at radius 2 is 2.06 bits per heavy atom. The van der Waals surface area contributed by atoms with E-state index in [9.17, 15) is 0 Å². The average molecular weight is 235 g/mol. The van der Waals surface area contributed by atoms with Gasteiger partial charge in [-0.2, -0.15) is 0 Å². The summed E-state index contributed by atoms with van der Waals surface area (Å²) < 4.78 is 2.25. The highest BCUT2D eigenvalue weighted by molar-refractivity contribution is 5.27. The SMILES string of the molecule is CC(C)(C)CCn1ccnc1NC1CCCC1. The lowest BCUT2D eigenvalue weighted by atomic mass is 9.92. The van der Waals surface area contributed by atoms with Gasteiger partial charge in [0.2, 0.25) is 5.95 Å². The van der Waals surface area contributed by atoms with E-state index < -0.39 is 0 Å². The molecule has 0 atom stereocenters. The van der Waals surface area contributed by atoms with E-state index in [-0.39, 0.29) is 0 Å². The van der Waals surface area contributed by atoms with Crippen molar-refractivity contribution in [1.82, 2.24) is 9.55 Å². The summed E-state index contributed by atoms with van der Waals surface area (Å²) in [4.78, 5) is 4.43. The molecule has 1 heterocycles. The quantitative estimate of drug-likeness (QED) is 0.863. The van der Waals surface area contributed by atoms with Gasteiger partial charge >= 0.3 is 0 Å². The number of hydrogen-bond acceptors (Lipinski definition) is 2. The van der Waals surface area contributed by atoms with Crippen LogP contribution in [0.5, 0.6) is 0 Å². The molecule has 2 rings (SSSR count). The molecule has 0 aromatic carbocycles. The number of hydrogen-bond donors (Lipinski definition) is 1. The molecule has 0 spiro atoms. The Labute approximate surface area is 105 Å². The molecule has 3 nitrogen and oxygen atoms in total. The van der Waals surface area contributed by atoms with Crippen molar-refractivity contribution in [3.63, 3.8) is 0 Å². The summed E-state index contributed by atoms with van der Waals surface area (Å²) in [5.74, 6) is 1.06. The summed E-state index contributed by atoms with van der Waals surface area (Å²) in [6, 6.07) is 0.644. The van der Waals surface area contributed by atoms with Crippen molar-refractivity contribution in [2.24, 2.45) is 5.41 Å². The Balaban J connectivity index is 1.91. The first kappa shape index (κ1) is 12.5. The van der Waals surface area contributed by atoms with E-state index in [1.807, 2.05) is 6.20 Å². The highest BCUT2D eigenvalue weighted by Gasteiger charge is 2.17. The molecule has 1 saturated carbocycles. The molecule has 0 amide bonds.